The van der Waals surface area contributed by atoms with Gasteiger partial charge in [0.05, 0.1) is 7.11 Å². The van der Waals surface area contributed by atoms with Crippen molar-refractivity contribution in [2.24, 2.45) is 0 Å². The quantitative estimate of drug-likeness (QED) is 0.910. The van der Waals surface area contributed by atoms with Crippen molar-refractivity contribution in [1.82, 2.24) is 9.88 Å². The van der Waals surface area contributed by atoms with Crippen LogP contribution >= 0.6 is 11.6 Å². The Labute approximate surface area is 130 Å². The Hall–Kier alpha value is -1.45. The fourth-order valence-corrected chi connectivity index (χ4v) is 3.11. The highest BCUT2D eigenvalue weighted by atomic mass is 35.5. The van der Waals surface area contributed by atoms with Gasteiger partial charge in [0.15, 0.2) is 0 Å². The van der Waals surface area contributed by atoms with Crippen LogP contribution in [-0.2, 0) is 6.54 Å². The number of aromatic amines is 1. The zero-order chi connectivity index (χ0) is 14.7. The molecule has 2 heterocycles. The maximum Gasteiger partial charge on any atom is 0.128 e. The van der Waals surface area contributed by atoms with Crippen LogP contribution in [0.25, 0.3) is 11.3 Å². The number of benzene rings is 1. The van der Waals surface area contributed by atoms with Gasteiger partial charge in [0, 0.05) is 28.5 Å². The molecule has 0 atom stereocenters. The zero-order valence-corrected chi connectivity index (χ0v) is 13.1. The summed E-state index contributed by atoms with van der Waals surface area (Å²) in [6.07, 6.45) is 4.00. The van der Waals surface area contributed by atoms with Crippen LogP contribution in [0.15, 0.2) is 30.3 Å². The van der Waals surface area contributed by atoms with Gasteiger partial charge < -0.3 is 9.72 Å². The molecule has 0 unspecified atom stereocenters. The molecular formula is C17H21ClN2O. The van der Waals surface area contributed by atoms with Crippen LogP contribution in [0.3, 0.4) is 0 Å². The minimum atomic E-state index is 0.720. The van der Waals surface area contributed by atoms with E-state index in [0.29, 0.717) is 0 Å². The van der Waals surface area contributed by atoms with Crippen LogP contribution in [0.5, 0.6) is 5.75 Å². The molecule has 1 aliphatic rings. The molecule has 1 aromatic heterocycles. The van der Waals surface area contributed by atoms with Gasteiger partial charge in [0.1, 0.15) is 5.75 Å². The van der Waals surface area contributed by atoms with Gasteiger partial charge in [-0.2, -0.15) is 0 Å². The fourth-order valence-electron chi connectivity index (χ4n) is 2.94. The van der Waals surface area contributed by atoms with E-state index in [1.807, 2.05) is 18.2 Å². The topological polar surface area (TPSA) is 28.3 Å². The van der Waals surface area contributed by atoms with Crippen molar-refractivity contribution in [3.8, 4) is 17.0 Å². The molecule has 112 valence electrons. The second kappa shape index (κ2) is 6.54. The molecule has 0 spiro atoms. The Morgan fingerprint density at radius 2 is 1.95 bits per heavy atom. The summed E-state index contributed by atoms with van der Waals surface area (Å²) in [6.45, 7) is 3.40. The molecule has 2 aromatic rings. The Morgan fingerprint density at radius 1 is 1.14 bits per heavy atom. The molecule has 0 amide bonds. The summed E-state index contributed by atoms with van der Waals surface area (Å²) in [5, 5.41) is 0.720. The molecule has 21 heavy (non-hydrogen) atoms. The molecular weight excluding hydrogens is 284 g/mol. The van der Waals surface area contributed by atoms with Gasteiger partial charge in [0.2, 0.25) is 0 Å². The molecule has 1 aromatic carbocycles. The molecule has 1 aliphatic heterocycles. The number of halogens is 1. The molecule has 1 N–H and O–H groups in total. The van der Waals surface area contributed by atoms with Crippen LogP contribution in [0.4, 0.5) is 0 Å². The summed E-state index contributed by atoms with van der Waals surface area (Å²) in [6, 6.07) is 9.96. The first kappa shape index (κ1) is 14.5. The Bertz CT molecular complexity index is 603. The summed E-state index contributed by atoms with van der Waals surface area (Å²) < 4.78 is 5.42. The van der Waals surface area contributed by atoms with Gasteiger partial charge in [-0.1, -0.05) is 18.0 Å². The third kappa shape index (κ3) is 3.42. The average Bonchev–Trinajstić information content (AvgIpc) is 2.96. The zero-order valence-electron chi connectivity index (χ0n) is 12.4. The highest BCUT2D eigenvalue weighted by Crippen LogP contribution is 2.32. The van der Waals surface area contributed by atoms with Gasteiger partial charge in [-0.3, -0.25) is 4.90 Å². The van der Waals surface area contributed by atoms with E-state index in [4.69, 9.17) is 16.3 Å². The standard InChI is InChI=1S/C17H21ClN2O/c1-21-17-8-5-13(18)11-15(17)16-7-6-14(19-16)12-20-9-3-2-4-10-20/h5-8,11,19H,2-4,9-10,12H2,1H3. The molecule has 0 aliphatic carbocycles. The monoisotopic (exact) mass is 304 g/mol. The number of piperidine rings is 1. The lowest BCUT2D eigenvalue weighted by molar-refractivity contribution is 0.219. The second-order valence-electron chi connectivity index (χ2n) is 5.58. The minimum absolute atomic E-state index is 0.720. The van der Waals surface area contributed by atoms with Crippen molar-refractivity contribution in [1.29, 1.82) is 0 Å². The lowest BCUT2D eigenvalue weighted by Gasteiger charge is -2.25. The van der Waals surface area contributed by atoms with E-state index >= 15 is 0 Å². The first-order valence-electron chi connectivity index (χ1n) is 7.50. The van der Waals surface area contributed by atoms with E-state index in [9.17, 15) is 0 Å². The van der Waals surface area contributed by atoms with Crippen LogP contribution < -0.4 is 4.74 Å². The fraction of sp³-hybridized carbons (Fsp3) is 0.412. The highest BCUT2D eigenvalue weighted by Gasteiger charge is 2.13. The van der Waals surface area contributed by atoms with Crippen LogP contribution in [-0.4, -0.2) is 30.1 Å². The van der Waals surface area contributed by atoms with E-state index in [0.717, 1.165) is 28.6 Å². The summed E-state index contributed by atoms with van der Waals surface area (Å²) in [5.41, 5.74) is 3.31. The molecule has 3 rings (SSSR count). The number of ether oxygens (including phenoxy) is 1. The van der Waals surface area contributed by atoms with Crippen molar-refractivity contribution in [2.45, 2.75) is 25.8 Å². The number of H-pyrrole nitrogens is 1. The highest BCUT2D eigenvalue weighted by molar-refractivity contribution is 6.30. The van der Waals surface area contributed by atoms with Gasteiger partial charge in [0.25, 0.3) is 0 Å². The predicted octanol–water partition coefficient (Wildman–Crippen LogP) is 4.33. The van der Waals surface area contributed by atoms with E-state index in [1.54, 1.807) is 7.11 Å². The molecule has 4 heteroatoms. The predicted molar refractivity (Wildman–Crippen MR) is 86.9 cm³/mol. The van der Waals surface area contributed by atoms with Gasteiger partial charge in [-0.15, -0.1) is 0 Å². The lowest BCUT2D eigenvalue weighted by atomic mass is 10.1. The van der Waals surface area contributed by atoms with Gasteiger partial charge in [-0.05, 0) is 56.3 Å². The Morgan fingerprint density at radius 3 is 2.71 bits per heavy atom. The number of likely N-dealkylation sites (tertiary alicyclic amines) is 1. The molecule has 0 radical (unpaired) electrons. The number of aromatic nitrogens is 1. The first-order chi connectivity index (χ1) is 10.3. The number of nitrogens with zero attached hydrogens (tertiary/aromatic N) is 1. The largest absolute Gasteiger partial charge is 0.496 e. The van der Waals surface area contributed by atoms with Crippen molar-refractivity contribution >= 4 is 11.6 Å². The Kier molecular flexibility index (Phi) is 4.51. The number of hydrogen-bond donors (Lipinski definition) is 1. The Balaban J connectivity index is 1.79. The normalized spacial score (nSPS) is 16.1. The number of rotatable bonds is 4. The molecule has 3 nitrogen and oxygen atoms in total. The minimum Gasteiger partial charge on any atom is -0.496 e. The number of methoxy groups -OCH3 is 1. The number of hydrogen-bond acceptors (Lipinski definition) is 2. The lowest BCUT2D eigenvalue weighted by Crippen LogP contribution is -2.29. The molecule has 1 fully saturated rings. The third-order valence-electron chi connectivity index (χ3n) is 4.04. The SMILES string of the molecule is COc1ccc(Cl)cc1-c1ccc(CN2CCCCC2)[nH]1. The average molecular weight is 305 g/mol. The summed E-state index contributed by atoms with van der Waals surface area (Å²) >= 11 is 6.11. The van der Waals surface area contributed by atoms with E-state index < -0.39 is 0 Å². The maximum absolute atomic E-state index is 6.11. The molecule has 0 bridgehead atoms. The van der Waals surface area contributed by atoms with E-state index in [2.05, 4.69) is 22.0 Å². The van der Waals surface area contributed by atoms with Gasteiger partial charge in [-0.25, -0.2) is 0 Å². The van der Waals surface area contributed by atoms with Crippen molar-refractivity contribution in [2.75, 3.05) is 20.2 Å². The number of nitrogens with one attached hydrogen (secondary N) is 1. The summed E-state index contributed by atoms with van der Waals surface area (Å²) in [5.74, 6) is 0.839. The second-order valence-corrected chi connectivity index (χ2v) is 6.02. The van der Waals surface area contributed by atoms with Crippen LogP contribution in [0.2, 0.25) is 5.02 Å². The maximum atomic E-state index is 6.11. The van der Waals surface area contributed by atoms with Gasteiger partial charge >= 0.3 is 0 Å². The van der Waals surface area contributed by atoms with Crippen molar-refractivity contribution in [3.05, 3.63) is 41.0 Å². The van der Waals surface area contributed by atoms with Crippen LogP contribution in [0, 0.1) is 0 Å². The van der Waals surface area contributed by atoms with E-state index in [-0.39, 0.29) is 0 Å². The van der Waals surface area contributed by atoms with E-state index in [1.165, 1.54) is 38.0 Å². The summed E-state index contributed by atoms with van der Waals surface area (Å²) in [7, 11) is 1.68. The van der Waals surface area contributed by atoms with Crippen molar-refractivity contribution in [3.63, 3.8) is 0 Å². The molecule has 0 saturated carbocycles. The smallest absolute Gasteiger partial charge is 0.128 e. The first-order valence-corrected chi connectivity index (χ1v) is 7.88. The van der Waals surface area contributed by atoms with Crippen LogP contribution in [0.1, 0.15) is 25.0 Å². The molecule has 1 saturated heterocycles. The summed E-state index contributed by atoms with van der Waals surface area (Å²) in [4.78, 5) is 6.01. The third-order valence-corrected chi connectivity index (χ3v) is 4.28. The van der Waals surface area contributed by atoms with Crippen molar-refractivity contribution < 1.29 is 4.74 Å².